The molecule has 4 aliphatic heterocycles. The number of nitrogens with zero attached hydrogens (tertiary/aromatic N) is 4. The first-order valence-corrected chi connectivity index (χ1v) is 25.2. The molecule has 2 saturated heterocycles. The number of hydrogen-bond donors (Lipinski definition) is 2. The van der Waals surface area contributed by atoms with Crippen molar-refractivity contribution in [3.8, 4) is 11.5 Å². The number of ether oxygens (including phenoxy) is 1. The second-order valence-electron chi connectivity index (χ2n) is 22.1. The van der Waals surface area contributed by atoms with Gasteiger partial charge < -0.3 is 14.9 Å². The van der Waals surface area contributed by atoms with E-state index in [1.165, 1.54) is 36.4 Å². The van der Waals surface area contributed by atoms with Crippen LogP contribution in [0.15, 0.2) is 84.9 Å². The van der Waals surface area contributed by atoms with Crippen molar-refractivity contribution in [1.82, 2.24) is 9.80 Å². The summed E-state index contributed by atoms with van der Waals surface area (Å²) in [5.74, 6) is -9.05. The molecule has 17 nitrogen and oxygen atoms in total. The standard InChI is InChI=1S/C57H56N4O13/c1-28(2)23-44(54(70)71)60-48(64)38-19-21-56(5,26-42(38)52(60)68)30-7-11-32(12-8-30)58-46(62)36-17-15-34(24-40(36)50(58)66)74-35-16-18-37-41(25-35)51(67)59(47(37)63)33-13-9-31(10-14-33)57(6)22-20-39-43(27-57)53(69)61(49(39)65)45(29(3)4)55(72)73/h7-18,24-25,28-29,38-39,42-45H,19-23,26-27H2,1-6H3,(H,70,71)(H,72,73)/t38-,39+,42+,43-,44-,45+,56?,57?/m1/s1. The van der Waals surface area contributed by atoms with Crippen LogP contribution in [0.2, 0.25) is 0 Å². The smallest absolute Gasteiger partial charge is 0.327 e. The number of carboxylic acids is 2. The van der Waals surface area contributed by atoms with Crippen LogP contribution in [0.3, 0.4) is 0 Å². The van der Waals surface area contributed by atoms with Crippen molar-refractivity contribution in [1.29, 1.82) is 0 Å². The summed E-state index contributed by atoms with van der Waals surface area (Å²) < 4.78 is 6.13. The highest BCUT2D eigenvalue weighted by Gasteiger charge is 2.58. The molecule has 17 heteroatoms. The third-order valence-corrected chi connectivity index (χ3v) is 16.6. The Balaban J connectivity index is 0.797. The van der Waals surface area contributed by atoms with E-state index in [-0.39, 0.29) is 46.1 Å². The molecule has 74 heavy (non-hydrogen) atoms. The quantitative estimate of drug-likeness (QED) is 0.122. The Kier molecular flexibility index (Phi) is 12.1. The molecule has 8 amide bonds. The van der Waals surface area contributed by atoms with Crippen LogP contribution < -0.4 is 14.5 Å². The monoisotopic (exact) mass is 1000 g/mol. The van der Waals surface area contributed by atoms with Crippen molar-refractivity contribution < 1.29 is 62.9 Å². The molecule has 6 aliphatic rings. The van der Waals surface area contributed by atoms with Crippen LogP contribution in [0.25, 0.3) is 0 Å². The van der Waals surface area contributed by atoms with Gasteiger partial charge in [0.1, 0.15) is 23.6 Å². The Morgan fingerprint density at radius 2 is 0.932 bits per heavy atom. The van der Waals surface area contributed by atoms with Gasteiger partial charge in [-0.3, -0.25) is 48.2 Å². The van der Waals surface area contributed by atoms with E-state index in [4.69, 9.17) is 4.74 Å². The lowest BCUT2D eigenvalue weighted by Gasteiger charge is -2.38. The maximum atomic E-state index is 13.9. The number of anilines is 2. The Morgan fingerprint density at radius 3 is 1.32 bits per heavy atom. The Hall–Kier alpha value is -7.82. The number of rotatable bonds is 13. The highest BCUT2D eigenvalue weighted by atomic mass is 16.5. The number of benzene rings is 4. The third kappa shape index (κ3) is 7.89. The fourth-order valence-corrected chi connectivity index (χ4v) is 12.6. The normalized spacial score (nSPS) is 26.3. The zero-order valence-corrected chi connectivity index (χ0v) is 41.8. The zero-order valence-electron chi connectivity index (χ0n) is 41.8. The van der Waals surface area contributed by atoms with Gasteiger partial charge in [-0.2, -0.15) is 0 Å². The first-order chi connectivity index (χ1) is 35.0. The van der Waals surface area contributed by atoms with Crippen molar-refractivity contribution in [2.24, 2.45) is 35.5 Å². The van der Waals surface area contributed by atoms with E-state index in [0.29, 0.717) is 49.9 Å². The molecule has 4 fully saturated rings. The SMILES string of the molecule is CC(C)C[C@H](C(=O)O)N1C(=O)[C@H]2CC(C)(c3ccc(N4C(=O)c5ccc(Oc6ccc7c(c6)C(=O)N(c6ccc(C8(C)CC[C@@H]9C(=O)N([C@H](C(=O)O)C(C)C)C(=O)[C@@H]9C8)cc6)C7=O)cc5C4=O)cc3)CC[C@H]2C1=O. The van der Waals surface area contributed by atoms with E-state index in [9.17, 15) is 58.2 Å². The van der Waals surface area contributed by atoms with Crippen molar-refractivity contribution in [3.63, 3.8) is 0 Å². The summed E-state index contributed by atoms with van der Waals surface area (Å²) in [6.45, 7) is 11.0. The summed E-state index contributed by atoms with van der Waals surface area (Å²) in [7, 11) is 0. The molecule has 4 aromatic rings. The maximum Gasteiger partial charge on any atom is 0.327 e. The number of carbonyl (C=O) groups excluding carboxylic acids is 8. The number of fused-ring (bicyclic) bond motifs is 4. The van der Waals surface area contributed by atoms with E-state index in [1.54, 1.807) is 62.4 Å². The van der Waals surface area contributed by atoms with Crippen molar-refractivity contribution >= 4 is 70.6 Å². The van der Waals surface area contributed by atoms with Crippen molar-refractivity contribution in [2.45, 2.75) is 109 Å². The first-order valence-electron chi connectivity index (χ1n) is 25.2. The second-order valence-corrected chi connectivity index (χ2v) is 22.1. The molecule has 8 atom stereocenters. The number of likely N-dealkylation sites (tertiary alicyclic amines) is 2. The largest absolute Gasteiger partial charge is 0.480 e. The van der Waals surface area contributed by atoms with Crippen molar-refractivity contribution in [3.05, 3.63) is 118 Å². The molecule has 0 bridgehead atoms. The minimum absolute atomic E-state index is 0.0408. The van der Waals surface area contributed by atoms with Gasteiger partial charge in [0.2, 0.25) is 23.6 Å². The number of carboxylic acid groups (broad SMARTS) is 2. The van der Waals surface area contributed by atoms with E-state index in [2.05, 4.69) is 0 Å². The van der Waals surface area contributed by atoms with Crippen LogP contribution >= 0.6 is 0 Å². The number of hydrogen-bond acceptors (Lipinski definition) is 11. The summed E-state index contributed by atoms with van der Waals surface area (Å²) in [6.07, 6.45) is 2.78. The number of aliphatic carboxylic acids is 2. The van der Waals surface area contributed by atoms with Gasteiger partial charge in [0, 0.05) is 0 Å². The minimum atomic E-state index is -1.24. The van der Waals surface area contributed by atoms with E-state index in [0.717, 1.165) is 30.7 Å². The van der Waals surface area contributed by atoms with Crippen molar-refractivity contribution in [2.75, 3.05) is 9.80 Å². The average molecular weight is 1010 g/mol. The minimum Gasteiger partial charge on any atom is -0.480 e. The predicted octanol–water partition coefficient (Wildman–Crippen LogP) is 7.77. The van der Waals surface area contributed by atoms with Gasteiger partial charge in [0.05, 0.1) is 57.3 Å². The fraction of sp³-hybridized carbons (Fsp3) is 0.404. The molecule has 2 saturated carbocycles. The molecule has 382 valence electrons. The molecular weight excluding hydrogens is 949 g/mol. The lowest BCUT2D eigenvalue weighted by molar-refractivity contribution is -0.157. The molecule has 4 aromatic carbocycles. The molecule has 0 aromatic heterocycles. The lowest BCUT2D eigenvalue weighted by atomic mass is 9.64. The lowest BCUT2D eigenvalue weighted by Crippen LogP contribution is -2.48. The number of carbonyl (C=O) groups is 10. The molecule has 0 radical (unpaired) electrons. The summed E-state index contributed by atoms with van der Waals surface area (Å²) in [6, 6.07) is 20.3. The first kappa shape index (κ1) is 49.7. The Bertz CT molecular complexity index is 3150. The molecular formula is C57H56N4O13. The van der Waals surface area contributed by atoms with Gasteiger partial charge >= 0.3 is 11.9 Å². The predicted molar refractivity (Wildman–Crippen MR) is 265 cm³/mol. The van der Waals surface area contributed by atoms with Gasteiger partial charge in [-0.25, -0.2) is 19.4 Å². The maximum absolute atomic E-state index is 13.9. The topological polar surface area (TPSA) is 233 Å². The van der Waals surface area contributed by atoms with E-state index >= 15 is 0 Å². The van der Waals surface area contributed by atoms with Gasteiger partial charge in [-0.05, 0) is 139 Å². The number of amides is 8. The van der Waals surface area contributed by atoms with Crippen LogP contribution in [0, 0.1) is 35.5 Å². The van der Waals surface area contributed by atoms with E-state index < -0.39 is 112 Å². The van der Waals surface area contributed by atoms with Crippen LogP contribution in [0.5, 0.6) is 11.5 Å². The van der Waals surface area contributed by atoms with Gasteiger partial charge in [-0.1, -0.05) is 65.8 Å². The van der Waals surface area contributed by atoms with Gasteiger partial charge in [0.15, 0.2) is 0 Å². The number of imide groups is 4. The molecule has 4 heterocycles. The zero-order chi connectivity index (χ0) is 53.0. The van der Waals surface area contributed by atoms with Crippen LogP contribution in [-0.4, -0.2) is 91.3 Å². The summed E-state index contributed by atoms with van der Waals surface area (Å²) in [4.78, 5) is 138. The second kappa shape index (κ2) is 18.0. The third-order valence-electron chi connectivity index (χ3n) is 16.6. The molecule has 2 aliphatic carbocycles. The fourth-order valence-electron chi connectivity index (χ4n) is 12.6. The molecule has 10 rings (SSSR count). The highest BCUT2D eigenvalue weighted by molar-refractivity contribution is 6.35. The Labute approximate surface area is 426 Å². The summed E-state index contributed by atoms with van der Waals surface area (Å²) >= 11 is 0. The molecule has 2 N–H and O–H groups in total. The average Bonchev–Trinajstić information content (AvgIpc) is 3.95. The highest BCUT2D eigenvalue weighted by Crippen LogP contribution is 2.51. The van der Waals surface area contributed by atoms with E-state index in [1.807, 2.05) is 27.7 Å². The Morgan fingerprint density at radius 1 is 0.541 bits per heavy atom. The summed E-state index contributed by atoms with van der Waals surface area (Å²) in [5, 5.41) is 19.8. The molecule has 2 unspecified atom stereocenters. The van der Waals surface area contributed by atoms with Crippen LogP contribution in [-0.2, 0) is 39.6 Å². The van der Waals surface area contributed by atoms with Crippen LogP contribution in [0.1, 0.15) is 139 Å². The summed E-state index contributed by atoms with van der Waals surface area (Å²) in [5.41, 5.74) is 1.75. The van der Waals surface area contributed by atoms with Gasteiger partial charge in [0.25, 0.3) is 23.6 Å². The van der Waals surface area contributed by atoms with Crippen LogP contribution in [0.4, 0.5) is 11.4 Å². The van der Waals surface area contributed by atoms with Gasteiger partial charge in [-0.15, -0.1) is 0 Å². The molecule has 0 spiro atoms.